The average Bonchev–Trinajstić information content (AvgIpc) is 2.39. The van der Waals surface area contributed by atoms with Gasteiger partial charge in [-0.25, -0.2) is 0 Å². The fraction of sp³-hybridized carbons (Fsp3) is 0.500. The summed E-state index contributed by atoms with van der Waals surface area (Å²) in [5, 5.41) is 0. The molecule has 2 atom stereocenters. The molecule has 3 nitrogen and oxygen atoms in total. The van der Waals surface area contributed by atoms with Gasteiger partial charge in [-0.05, 0) is 31.7 Å². The summed E-state index contributed by atoms with van der Waals surface area (Å²) < 4.78 is 0. The number of likely N-dealkylation sites (tertiary alicyclic amines) is 1. The highest BCUT2D eigenvalue weighted by Gasteiger charge is 2.27. The van der Waals surface area contributed by atoms with Crippen LogP contribution in [-0.4, -0.2) is 23.4 Å². The van der Waals surface area contributed by atoms with Crippen molar-refractivity contribution < 1.29 is 4.79 Å². The van der Waals surface area contributed by atoms with Crippen molar-refractivity contribution in [3.63, 3.8) is 0 Å². The summed E-state index contributed by atoms with van der Waals surface area (Å²) in [6.45, 7) is 2.95. The largest absolute Gasteiger partial charge is 0.338 e. The minimum Gasteiger partial charge on any atom is -0.338 e. The zero-order valence-electron chi connectivity index (χ0n) is 10.3. The minimum absolute atomic E-state index is 0.0587. The molecule has 2 N–H and O–H groups in total. The van der Waals surface area contributed by atoms with Crippen molar-refractivity contribution in [3.8, 4) is 0 Å². The number of nitrogens with zero attached hydrogens (tertiary/aromatic N) is 1. The molecule has 0 bridgehead atoms. The van der Waals surface area contributed by atoms with Crippen molar-refractivity contribution in [1.82, 2.24) is 4.90 Å². The van der Waals surface area contributed by atoms with E-state index in [1.54, 1.807) is 0 Å². The smallest absolute Gasteiger partial charge is 0.244 e. The van der Waals surface area contributed by atoms with Crippen LogP contribution in [0, 0.1) is 0 Å². The molecule has 92 valence electrons. The first-order valence-corrected chi connectivity index (χ1v) is 6.31. The van der Waals surface area contributed by atoms with Gasteiger partial charge in [0, 0.05) is 12.6 Å². The molecule has 1 aliphatic heterocycles. The van der Waals surface area contributed by atoms with Gasteiger partial charge in [0.05, 0.1) is 0 Å². The van der Waals surface area contributed by atoms with E-state index in [0.717, 1.165) is 24.9 Å². The molecule has 0 aliphatic carbocycles. The normalized spacial score (nSPS) is 22.2. The molecule has 1 heterocycles. The Hall–Kier alpha value is -1.35. The predicted octanol–water partition coefficient (Wildman–Crippen LogP) is 2.09. The van der Waals surface area contributed by atoms with Crippen LogP contribution in [0.3, 0.4) is 0 Å². The van der Waals surface area contributed by atoms with Crippen molar-refractivity contribution >= 4 is 5.91 Å². The quantitative estimate of drug-likeness (QED) is 0.848. The Morgan fingerprint density at radius 1 is 1.35 bits per heavy atom. The summed E-state index contributed by atoms with van der Waals surface area (Å²) >= 11 is 0. The summed E-state index contributed by atoms with van der Waals surface area (Å²) in [5.41, 5.74) is 6.94. The average molecular weight is 232 g/mol. The van der Waals surface area contributed by atoms with Gasteiger partial charge in [0.15, 0.2) is 0 Å². The van der Waals surface area contributed by atoms with Crippen molar-refractivity contribution in [1.29, 1.82) is 0 Å². The highest BCUT2D eigenvalue weighted by atomic mass is 16.2. The Kier molecular flexibility index (Phi) is 3.79. The molecule has 1 amide bonds. The molecule has 0 saturated carbocycles. The van der Waals surface area contributed by atoms with Gasteiger partial charge < -0.3 is 10.6 Å². The lowest BCUT2D eigenvalue weighted by molar-refractivity contribution is -0.136. The summed E-state index contributed by atoms with van der Waals surface area (Å²) in [7, 11) is 0. The van der Waals surface area contributed by atoms with Gasteiger partial charge in [-0.15, -0.1) is 0 Å². The first-order chi connectivity index (χ1) is 8.20. The van der Waals surface area contributed by atoms with Gasteiger partial charge in [0.1, 0.15) is 6.04 Å². The predicted molar refractivity (Wildman–Crippen MR) is 68.4 cm³/mol. The lowest BCUT2D eigenvalue weighted by atomic mass is 10.0. The number of hydrogen-bond donors (Lipinski definition) is 1. The summed E-state index contributed by atoms with van der Waals surface area (Å²) in [4.78, 5) is 14.2. The van der Waals surface area contributed by atoms with Crippen LogP contribution in [0.2, 0.25) is 0 Å². The highest BCUT2D eigenvalue weighted by molar-refractivity contribution is 5.83. The fourth-order valence-corrected chi connectivity index (χ4v) is 2.41. The van der Waals surface area contributed by atoms with Crippen LogP contribution < -0.4 is 5.73 Å². The number of nitrogens with two attached hydrogens (primary N) is 1. The van der Waals surface area contributed by atoms with Gasteiger partial charge in [0.2, 0.25) is 5.91 Å². The summed E-state index contributed by atoms with van der Waals surface area (Å²) in [6.07, 6.45) is 3.40. The third kappa shape index (κ3) is 2.67. The second kappa shape index (κ2) is 5.32. The van der Waals surface area contributed by atoms with Gasteiger partial charge >= 0.3 is 0 Å². The van der Waals surface area contributed by atoms with Gasteiger partial charge in [-0.2, -0.15) is 0 Å². The monoisotopic (exact) mass is 232 g/mol. The van der Waals surface area contributed by atoms with E-state index >= 15 is 0 Å². The summed E-state index contributed by atoms with van der Waals surface area (Å²) in [6, 6.07) is 9.41. The second-order valence-corrected chi connectivity index (χ2v) is 4.76. The molecular formula is C14H20N2O. The van der Waals surface area contributed by atoms with E-state index in [4.69, 9.17) is 5.73 Å². The van der Waals surface area contributed by atoms with E-state index in [9.17, 15) is 4.79 Å². The molecule has 0 aromatic heterocycles. The molecule has 2 unspecified atom stereocenters. The van der Waals surface area contributed by atoms with Crippen LogP contribution in [0.5, 0.6) is 0 Å². The van der Waals surface area contributed by atoms with Crippen LogP contribution in [0.4, 0.5) is 0 Å². The van der Waals surface area contributed by atoms with Crippen LogP contribution in [0.15, 0.2) is 30.3 Å². The third-order valence-electron chi connectivity index (χ3n) is 3.51. The van der Waals surface area contributed by atoms with Gasteiger partial charge in [-0.3, -0.25) is 4.79 Å². The lowest BCUT2D eigenvalue weighted by Gasteiger charge is -2.35. The Morgan fingerprint density at radius 2 is 2.06 bits per heavy atom. The number of piperidine rings is 1. The van der Waals surface area contributed by atoms with E-state index in [-0.39, 0.29) is 5.91 Å². The number of carbonyl (C=O) groups is 1. The number of carbonyl (C=O) groups excluding carboxylic acids is 1. The van der Waals surface area contributed by atoms with E-state index in [2.05, 4.69) is 6.92 Å². The minimum atomic E-state index is -0.517. The topological polar surface area (TPSA) is 46.3 Å². The van der Waals surface area contributed by atoms with Crippen molar-refractivity contribution in [2.75, 3.05) is 6.54 Å². The number of rotatable bonds is 2. The molecule has 2 rings (SSSR count). The SMILES string of the molecule is CC1CCCCN1C(=O)C(N)c1ccccc1. The molecule has 1 saturated heterocycles. The first kappa shape index (κ1) is 12.1. The van der Waals surface area contributed by atoms with Crippen molar-refractivity contribution in [2.24, 2.45) is 5.73 Å². The van der Waals surface area contributed by atoms with Crippen molar-refractivity contribution in [3.05, 3.63) is 35.9 Å². The van der Waals surface area contributed by atoms with Gasteiger partial charge in [0.25, 0.3) is 0 Å². The Morgan fingerprint density at radius 3 is 2.71 bits per heavy atom. The standard InChI is InChI=1S/C14H20N2O/c1-11-7-5-6-10-16(11)14(17)13(15)12-8-3-2-4-9-12/h2-4,8-9,11,13H,5-7,10,15H2,1H3. The maximum absolute atomic E-state index is 12.3. The number of benzene rings is 1. The van der Waals surface area contributed by atoms with Crippen LogP contribution in [0.25, 0.3) is 0 Å². The zero-order valence-corrected chi connectivity index (χ0v) is 10.3. The maximum atomic E-state index is 12.3. The van der Waals surface area contributed by atoms with Crippen molar-refractivity contribution in [2.45, 2.75) is 38.3 Å². The number of amides is 1. The first-order valence-electron chi connectivity index (χ1n) is 6.31. The van der Waals surface area contributed by atoms with Crippen LogP contribution >= 0.6 is 0 Å². The van der Waals surface area contributed by atoms with E-state index in [1.807, 2.05) is 35.2 Å². The molecule has 1 aromatic carbocycles. The second-order valence-electron chi connectivity index (χ2n) is 4.76. The van der Waals surface area contributed by atoms with Gasteiger partial charge in [-0.1, -0.05) is 30.3 Å². The molecule has 1 aromatic rings. The molecule has 0 radical (unpaired) electrons. The fourth-order valence-electron chi connectivity index (χ4n) is 2.41. The highest BCUT2D eigenvalue weighted by Crippen LogP contribution is 2.21. The molecular weight excluding hydrogens is 212 g/mol. The Labute approximate surface area is 103 Å². The maximum Gasteiger partial charge on any atom is 0.244 e. The van der Waals surface area contributed by atoms with Crippen LogP contribution in [-0.2, 0) is 4.79 Å². The molecule has 17 heavy (non-hydrogen) atoms. The number of hydrogen-bond acceptors (Lipinski definition) is 2. The summed E-state index contributed by atoms with van der Waals surface area (Å²) in [5.74, 6) is 0.0587. The van der Waals surface area contributed by atoms with E-state index < -0.39 is 6.04 Å². The van der Waals surface area contributed by atoms with E-state index in [1.165, 1.54) is 6.42 Å². The third-order valence-corrected chi connectivity index (χ3v) is 3.51. The lowest BCUT2D eigenvalue weighted by Crippen LogP contribution is -2.46. The molecule has 1 fully saturated rings. The zero-order chi connectivity index (χ0) is 12.3. The van der Waals surface area contributed by atoms with Crippen LogP contribution in [0.1, 0.15) is 37.8 Å². The van der Waals surface area contributed by atoms with E-state index in [0.29, 0.717) is 6.04 Å². The molecule has 0 spiro atoms. The molecule has 1 aliphatic rings. The molecule has 3 heteroatoms. The Bertz CT molecular complexity index is 377. The Balaban J connectivity index is 2.09.